The molecule has 5 nitrogen and oxygen atoms in total. The van der Waals surface area contributed by atoms with Crippen LogP contribution in [0.3, 0.4) is 0 Å². The third-order valence-corrected chi connectivity index (χ3v) is 6.62. The first-order valence-corrected chi connectivity index (χ1v) is 12.5. The fourth-order valence-corrected chi connectivity index (χ4v) is 4.46. The van der Waals surface area contributed by atoms with Gasteiger partial charge in [0, 0.05) is 14.8 Å². The van der Waals surface area contributed by atoms with Crippen LogP contribution in [-0.4, -0.2) is 11.9 Å². The maximum Gasteiger partial charge on any atom is 0.344 e. The van der Waals surface area contributed by atoms with Crippen molar-refractivity contribution in [3.05, 3.63) is 123 Å². The number of carbonyl (C=O) groups is 2. The Balaban J connectivity index is 1.55. The number of nitriles is 1. The first-order valence-electron chi connectivity index (χ1n) is 11.4. The summed E-state index contributed by atoms with van der Waals surface area (Å²) >= 11 is 2.18. The van der Waals surface area contributed by atoms with Crippen molar-refractivity contribution >= 4 is 67.8 Å². The molecular weight excluding hydrogens is 575 g/mol. The van der Waals surface area contributed by atoms with Crippen molar-refractivity contribution in [1.82, 2.24) is 0 Å². The molecule has 1 amide bonds. The number of hydrogen-bond donors (Lipinski definition) is 1. The fraction of sp³-hybridized carbons (Fsp3) is 0. The molecule has 0 heterocycles. The van der Waals surface area contributed by atoms with Crippen LogP contribution in [0.4, 0.5) is 5.69 Å². The normalized spacial score (nSPS) is 11.2. The maximum atomic E-state index is 13.3. The summed E-state index contributed by atoms with van der Waals surface area (Å²) in [7, 11) is 0. The number of hydrogen-bond acceptors (Lipinski definition) is 4. The van der Waals surface area contributed by atoms with Crippen molar-refractivity contribution in [3.8, 4) is 11.8 Å². The van der Waals surface area contributed by atoms with Gasteiger partial charge in [-0.3, -0.25) is 4.79 Å². The Kier molecular flexibility index (Phi) is 6.97. The minimum atomic E-state index is -0.553. The van der Waals surface area contributed by atoms with Crippen LogP contribution in [0.5, 0.6) is 5.75 Å². The highest BCUT2D eigenvalue weighted by atomic mass is 127. The van der Waals surface area contributed by atoms with Crippen LogP contribution in [0.25, 0.3) is 27.6 Å². The number of nitrogens with zero attached hydrogens (tertiary/aromatic N) is 1. The summed E-state index contributed by atoms with van der Waals surface area (Å²) in [6.45, 7) is 0. The van der Waals surface area contributed by atoms with E-state index in [0.29, 0.717) is 16.8 Å². The van der Waals surface area contributed by atoms with Crippen molar-refractivity contribution in [1.29, 1.82) is 5.26 Å². The zero-order valence-corrected chi connectivity index (χ0v) is 21.6. The van der Waals surface area contributed by atoms with Gasteiger partial charge < -0.3 is 10.1 Å². The lowest BCUT2D eigenvalue weighted by Gasteiger charge is -2.13. The molecule has 6 heteroatoms. The van der Waals surface area contributed by atoms with E-state index < -0.39 is 11.9 Å². The third-order valence-electron chi connectivity index (χ3n) is 5.90. The van der Waals surface area contributed by atoms with E-state index >= 15 is 0 Å². The van der Waals surface area contributed by atoms with Crippen LogP contribution in [0, 0.1) is 14.9 Å². The van der Waals surface area contributed by atoms with Crippen LogP contribution < -0.4 is 10.1 Å². The van der Waals surface area contributed by atoms with Crippen LogP contribution >= 0.6 is 22.6 Å². The Morgan fingerprint density at radius 2 is 1.43 bits per heavy atom. The average molecular weight is 594 g/mol. The number of anilines is 1. The lowest BCUT2D eigenvalue weighted by atomic mass is 10.0. The van der Waals surface area contributed by atoms with Crippen LogP contribution in [0.2, 0.25) is 0 Å². The second kappa shape index (κ2) is 10.6. The molecule has 1 N–H and O–H groups in total. The average Bonchev–Trinajstić information content (AvgIpc) is 2.93. The summed E-state index contributed by atoms with van der Waals surface area (Å²) in [4.78, 5) is 26.2. The van der Waals surface area contributed by atoms with E-state index in [4.69, 9.17) is 4.74 Å². The lowest BCUT2D eigenvalue weighted by Crippen LogP contribution is -2.14. The van der Waals surface area contributed by atoms with E-state index in [9.17, 15) is 14.9 Å². The lowest BCUT2D eigenvalue weighted by molar-refractivity contribution is -0.112. The Bertz CT molecular complexity index is 1730. The molecule has 5 rings (SSSR count). The second-order valence-electron chi connectivity index (χ2n) is 8.25. The molecule has 0 aliphatic carbocycles. The van der Waals surface area contributed by atoms with Gasteiger partial charge in [-0.2, -0.15) is 5.26 Å². The summed E-state index contributed by atoms with van der Waals surface area (Å²) in [5, 5.41) is 15.9. The molecule has 5 aromatic rings. The predicted octanol–water partition coefficient (Wildman–Crippen LogP) is 7.36. The molecule has 0 saturated heterocycles. The van der Waals surface area contributed by atoms with Gasteiger partial charge in [0.1, 0.15) is 17.4 Å². The molecular formula is C31H19IN2O3. The highest BCUT2D eigenvalue weighted by Crippen LogP contribution is 2.32. The minimum absolute atomic E-state index is 0.114. The maximum absolute atomic E-state index is 13.3. The third kappa shape index (κ3) is 5.22. The zero-order chi connectivity index (χ0) is 25.8. The molecule has 0 aliphatic heterocycles. The van der Waals surface area contributed by atoms with E-state index in [1.807, 2.05) is 84.9 Å². The first kappa shape index (κ1) is 24.2. The van der Waals surface area contributed by atoms with Crippen molar-refractivity contribution in [2.75, 3.05) is 5.32 Å². The highest BCUT2D eigenvalue weighted by Gasteiger charge is 2.18. The summed E-state index contributed by atoms with van der Waals surface area (Å²) < 4.78 is 6.91. The van der Waals surface area contributed by atoms with E-state index in [-0.39, 0.29) is 11.3 Å². The Labute approximate surface area is 227 Å². The summed E-state index contributed by atoms with van der Waals surface area (Å²) in [6.07, 6.45) is 1.47. The molecule has 0 spiro atoms. The van der Waals surface area contributed by atoms with Crippen molar-refractivity contribution in [2.45, 2.75) is 0 Å². The molecule has 0 saturated carbocycles. The minimum Gasteiger partial charge on any atom is -0.422 e. The van der Waals surface area contributed by atoms with Gasteiger partial charge >= 0.3 is 5.97 Å². The smallest absolute Gasteiger partial charge is 0.344 e. The SMILES string of the molecule is N#C/C(=C/c1c(OC(=O)c2cccc3ccccc23)ccc2ccccc12)C(=O)Nc1ccc(I)cc1. The number of fused-ring (bicyclic) bond motifs is 2. The quantitative estimate of drug-likeness (QED) is 0.0759. The molecule has 5 aromatic carbocycles. The standard InChI is InChI=1S/C31H19IN2O3/c32-23-13-15-24(16-14-23)34-30(35)22(19-33)18-28-26-10-4-2-7-21(26)12-17-29(28)37-31(36)27-11-5-8-20-6-1-3-9-25(20)27/h1-18H,(H,34,35)/b22-18-. The van der Waals surface area contributed by atoms with Crippen LogP contribution in [0.15, 0.2) is 109 Å². The van der Waals surface area contributed by atoms with Gasteiger partial charge in [0.2, 0.25) is 0 Å². The van der Waals surface area contributed by atoms with E-state index in [0.717, 1.165) is 25.1 Å². The molecule has 0 unspecified atom stereocenters. The Hall–Kier alpha value is -4.48. The highest BCUT2D eigenvalue weighted by molar-refractivity contribution is 14.1. The number of carbonyl (C=O) groups excluding carboxylic acids is 2. The van der Waals surface area contributed by atoms with Crippen molar-refractivity contribution < 1.29 is 14.3 Å². The summed E-state index contributed by atoms with van der Waals surface area (Å²) in [5.41, 5.74) is 1.36. The second-order valence-corrected chi connectivity index (χ2v) is 9.49. The number of halogens is 1. The van der Waals surface area contributed by atoms with Gasteiger partial charge in [-0.1, -0.05) is 66.7 Å². The number of esters is 1. The number of amides is 1. The van der Waals surface area contributed by atoms with Gasteiger partial charge in [-0.05, 0) is 86.6 Å². The number of benzene rings is 5. The number of nitrogens with one attached hydrogen (secondary N) is 1. The largest absolute Gasteiger partial charge is 0.422 e. The Morgan fingerprint density at radius 1 is 0.784 bits per heavy atom. The Morgan fingerprint density at radius 3 is 2.16 bits per heavy atom. The molecule has 0 fully saturated rings. The summed E-state index contributed by atoms with van der Waals surface area (Å²) in [5.74, 6) is -0.821. The molecule has 0 radical (unpaired) electrons. The first-order chi connectivity index (χ1) is 18.0. The van der Waals surface area contributed by atoms with E-state index in [1.54, 1.807) is 24.3 Å². The van der Waals surface area contributed by atoms with Gasteiger partial charge in [0.15, 0.2) is 0 Å². The van der Waals surface area contributed by atoms with Crippen molar-refractivity contribution in [3.63, 3.8) is 0 Å². The fourth-order valence-electron chi connectivity index (χ4n) is 4.10. The summed E-state index contributed by atoms with van der Waals surface area (Å²) in [6, 6.07) is 33.4. The molecule has 0 atom stereocenters. The van der Waals surface area contributed by atoms with E-state index in [1.165, 1.54) is 6.08 Å². The molecule has 0 aliphatic rings. The molecule has 178 valence electrons. The molecule has 37 heavy (non-hydrogen) atoms. The van der Waals surface area contributed by atoms with Crippen LogP contribution in [-0.2, 0) is 4.79 Å². The molecule has 0 bridgehead atoms. The van der Waals surface area contributed by atoms with Gasteiger partial charge in [-0.15, -0.1) is 0 Å². The topological polar surface area (TPSA) is 79.2 Å². The van der Waals surface area contributed by atoms with E-state index in [2.05, 4.69) is 27.9 Å². The monoisotopic (exact) mass is 594 g/mol. The van der Waals surface area contributed by atoms with Gasteiger partial charge in [0.05, 0.1) is 5.56 Å². The van der Waals surface area contributed by atoms with Gasteiger partial charge in [0.25, 0.3) is 5.91 Å². The number of rotatable bonds is 5. The van der Waals surface area contributed by atoms with Crippen LogP contribution in [0.1, 0.15) is 15.9 Å². The number of ether oxygens (including phenoxy) is 1. The zero-order valence-electron chi connectivity index (χ0n) is 19.4. The van der Waals surface area contributed by atoms with Gasteiger partial charge in [-0.25, -0.2) is 4.79 Å². The predicted molar refractivity (Wildman–Crippen MR) is 154 cm³/mol. The molecule has 0 aromatic heterocycles. The van der Waals surface area contributed by atoms with Crippen molar-refractivity contribution in [2.24, 2.45) is 0 Å².